The van der Waals surface area contributed by atoms with Crippen molar-refractivity contribution in [2.75, 3.05) is 19.2 Å². The van der Waals surface area contributed by atoms with Gasteiger partial charge in [-0.2, -0.15) is 4.68 Å². The van der Waals surface area contributed by atoms with Crippen LogP contribution in [0.15, 0.2) is 42.6 Å². The average molecular weight is 379 g/mol. The zero-order valence-corrected chi connectivity index (χ0v) is 15.2. The predicted molar refractivity (Wildman–Crippen MR) is 101 cm³/mol. The van der Waals surface area contributed by atoms with E-state index in [1.54, 1.807) is 36.2 Å². The van der Waals surface area contributed by atoms with E-state index in [-0.39, 0.29) is 12.6 Å². The smallest absolute Gasteiger partial charge is 0.231 e. The summed E-state index contributed by atoms with van der Waals surface area (Å²) in [7, 11) is 1.61. The van der Waals surface area contributed by atoms with Gasteiger partial charge in [-0.3, -0.25) is 4.79 Å². The second-order valence-corrected chi connectivity index (χ2v) is 5.93. The molecular formula is C19H17N5O4. The lowest BCUT2D eigenvalue weighted by molar-refractivity contribution is 0.101. The van der Waals surface area contributed by atoms with Gasteiger partial charge in [-0.05, 0) is 47.7 Å². The number of ketones is 1. The van der Waals surface area contributed by atoms with E-state index in [9.17, 15) is 4.79 Å². The topological polar surface area (TPSA) is 100 Å². The second-order valence-electron chi connectivity index (χ2n) is 5.93. The Balaban J connectivity index is 1.57. The molecule has 0 amide bonds. The molecule has 9 heteroatoms. The van der Waals surface area contributed by atoms with Gasteiger partial charge in [0.2, 0.25) is 6.79 Å². The van der Waals surface area contributed by atoms with Crippen LogP contribution in [0, 0.1) is 0 Å². The van der Waals surface area contributed by atoms with E-state index in [0.29, 0.717) is 28.6 Å². The van der Waals surface area contributed by atoms with Gasteiger partial charge in [-0.15, -0.1) is 5.10 Å². The first kappa shape index (κ1) is 17.5. The number of hydrogen-bond donors (Lipinski definition) is 1. The van der Waals surface area contributed by atoms with Crippen LogP contribution in [-0.2, 0) is 0 Å². The number of nitrogens with one attached hydrogen (secondary N) is 1. The molecule has 3 aromatic rings. The van der Waals surface area contributed by atoms with Crippen molar-refractivity contribution < 1.29 is 19.0 Å². The lowest BCUT2D eigenvalue weighted by Crippen LogP contribution is -2.01. The van der Waals surface area contributed by atoms with Gasteiger partial charge in [0.25, 0.3) is 0 Å². The zero-order chi connectivity index (χ0) is 19.5. The summed E-state index contributed by atoms with van der Waals surface area (Å²) in [6.07, 6.45) is 3.37. The van der Waals surface area contributed by atoms with Crippen molar-refractivity contribution in [2.45, 2.75) is 6.92 Å². The van der Waals surface area contributed by atoms with E-state index in [0.717, 1.165) is 11.4 Å². The van der Waals surface area contributed by atoms with Crippen LogP contribution in [0.5, 0.6) is 17.2 Å². The van der Waals surface area contributed by atoms with E-state index in [2.05, 4.69) is 20.8 Å². The standard InChI is InChI=1S/C19H17N5O4/c1-12(25)15-9-17-18(28-11-27-17)10-16(15)20-8-7-19-21-22-23-24(19)13-3-5-14(26-2)6-4-13/h3-10,20H,11H2,1-2H3/b8-7-. The molecule has 28 heavy (non-hydrogen) atoms. The average Bonchev–Trinajstić information content (AvgIpc) is 3.36. The molecule has 0 atom stereocenters. The Morgan fingerprint density at radius 1 is 1.21 bits per heavy atom. The van der Waals surface area contributed by atoms with Gasteiger partial charge in [0.15, 0.2) is 23.1 Å². The molecule has 0 radical (unpaired) electrons. The summed E-state index contributed by atoms with van der Waals surface area (Å²) in [5.41, 5.74) is 1.90. The number of tetrazole rings is 1. The summed E-state index contributed by atoms with van der Waals surface area (Å²) in [6, 6.07) is 10.8. The second kappa shape index (κ2) is 7.39. The monoisotopic (exact) mass is 379 g/mol. The number of Topliss-reactive ketones (excluding diaryl/α,β-unsaturated/α-hetero) is 1. The zero-order valence-electron chi connectivity index (χ0n) is 15.2. The summed E-state index contributed by atoms with van der Waals surface area (Å²) in [4.78, 5) is 11.9. The number of carbonyl (C=O) groups is 1. The fourth-order valence-electron chi connectivity index (χ4n) is 2.76. The summed E-state index contributed by atoms with van der Waals surface area (Å²) in [6.45, 7) is 1.64. The Hall–Kier alpha value is -3.88. The number of ether oxygens (including phenoxy) is 3. The van der Waals surface area contributed by atoms with Gasteiger partial charge in [-0.1, -0.05) is 0 Å². The summed E-state index contributed by atoms with van der Waals surface area (Å²) < 4.78 is 17.5. The van der Waals surface area contributed by atoms with Gasteiger partial charge < -0.3 is 19.5 Å². The molecule has 0 saturated heterocycles. The molecule has 0 spiro atoms. The minimum absolute atomic E-state index is 0.0859. The Bertz CT molecular complexity index is 1040. The molecule has 1 aromatic heterocycles. The number of anilines is 1. The number of fused-ring (bicyclic) bond motifs is 1. The van der Waals surface area contributed by atoms with Crippen LogP contribution in [0.25, 0.3) is 11.8 Å². The van der Waals surface area contributed by atoms with Crippen molar-refractivity contribution in [1.29, 1.82) is 0 Å². The molecule has 0 fully saturated rings. The normalized spacial score (nSPS) is 12.4. The van der Waals surface area contributed by atoms with E-state index >= 15 is 0 Å². The maximum Gasteiger partial charge on any atom is 0.231 e. The van der Waals surface area contributed by atoms with Crippen LogP contribution < -0.4 is 19.5 Å². The van der Waals surface area contributed by atoms with Gasteiger partial charge in [0, 0.05) is 23.9 Å². The highest BCUT2D eigenvalue weighted by Crippen LogP contribution is 2.37. The van der Waals surface area contributed by atoms with Crippen LogP contribution in [-0.4, -0.2) is 39.9 Å². The maximum absolute atomic E-state index is 11.9. The third-order valence-corrected chi connectivity index (χ3v) is 4.17. The molecule has 0 bridgehead atoms. The van der Waals surface area contributed by atoms with Crippen molar-refractivity contribution in [3.05, 3.63) is 54.0 Å². The van der Waals surface area contributed by atoms with E-state index in [1.165, 1.54) is 6.92 Å². The molecule has 142 valence electrons. The Labute approximate surface area is 160 Å². The summed E-state index contributed by atoms with van der Waals surface area (Å²) in [5.74, 6) is 2.32. The minimum Gasteiger partial charge on any atom is -0.497 e. The summed E-state index contributed by atoms with van der Waals surface area (Å²) >= 11 is 0. The number of benzene rings is 2. The van der Waals surface area contributed by atoms with Crippen LogP contribution in [0.1, 0.15) is 23.1 Å². The Morgan fingerprint density at radius 3 is 2.68 bits per heavy atom. The highest BCUT2D eigenvalue weighted by molar-refractivity contribution is 6.00. The fourth-order valence-corrected chi connectivity index (χ4v) is 2.76. The molecule has 0 aliphatic carbocycles. The van der Waals surface area contributed by atoms with E-state index in [1.807, 2.05) is 24.3 Å². The largest absolute Gasteiger partial charge is 0.497 e. The summed E-state index contributed by atoms with van der Waals surface area (Å²) in [5, 5.41) is 14.8. The van der Waals surface area contributed by atoms with Gasteiger partial charge in [0.1, 0.15) is 5.75 Å². The quantitative estimate of drug-likeness (QED) is 0.653. The first-order chi connectivity index (χ1) is 13.7. The van der Waals surface area contributed by atoms with Crippen molar-refractivity contribution in [3.8, 4) is 22.9 Å². The van der Waals surface area contributed by atoms with Gasteiger partial charge in [-0.25, -0.2) is 0 Å². The van der Waals surface area contributed by atoms with Crippen molar-refractivity contribution in [1.82, 2.24) is 20.2 Å². The molecule has 0 saturated carbocycles. The third kappa shape index (κ3) is 3.37. The number of aromatic nitrogens is 4. The number of nitrogens with zero attached hydrogens (tertiary/aromatic N) is 4. The first-order valence-corrected chi connectivity index (χ1v) is 8.46. The highest BCUT2D eigenvalue weighted by atomic mass is 16.7. The molecular weight excluding hydrogens is 362 g/mol. The molecule has 9 nitrogen and oxygen atoms in total. The van der Waals surface area contributed by atoms with Crippen LogP contribution in [0.3, 0.4) is 0 Å². The fraction of sp³-hybridized carbons (Fsp3) is 0.158. The number of carbonyl (C=O) groups excluding carboxylic acids is 1. The Kier molecular flexibility index (Phi) is 4.63. The molecule has 1 aliphatic heterocycles. The first-order valence-electron chi connectivity index (χ1n) is 8.46. The minimum atomic E-state index is -0.0859. The van der Waals surface area contributed by atoms with Crippen LogP contribution >= 0.6 is 0 Å². The van der Waals surface area contributed by atoms with E-state index in [4.69, 9.17) is 14.2 Å². The molecule has 2 aromatic carbocycles. The van der Waals surface area contributed by atoms with Gasteiger partial charge in [0.05, 0.1) is 18.5 Å². The number of methoxy groups -OCH3 is 1. The van der Waals surface area contributed by atoms with E-state index < -0.39 is 0 Å². The molecule has 0 unspecified atom stereocenters. The molecule has 2 heterocycles. The number of rotatable bonds is 6. The SMILES string of the molecule is COc1ccc(-n2nnnc2/C=C\Nc2cc3c(cc2C(C)=O)OCO3)cc1. The Morgan fingerprint density at radius 2 is 1.96 bits per heavy atom. The predicted octanol–water partition coefficient (Wildman–Crippen LogP) is 2.69. The molecule has 1 N–H and O–H groups in total. The molecule has 1 aliphatic rings. The van der Waals surface area contributed by atoms with Crippen LogP contribution in [0.2, 0.25) is 0 Å². The molecule has 4 rings (SSSR count). The highest BCUT2D eigenvalue weighted by Gasteiger charge is 2.18. The lowest BCUT2D eigenvalue weighted by Gasteiger charge is -2.08. The third-order valence-electron chi connectivity index (χ3n) is 4.17. The van der Waals surface area contributed by atoms with Crippen molar-refractivity contribution in [3.63, 3.8) is 0 Å². The number of hydrogen-bond acceptors (Lipinski definition) is 8. The van der Waals surface area contributed by atoms with Gasteiger partial charge >= 0.3 is 0 Å². The van der Waals surface area contributed by atoms with Crippen LogP contribution in [0.4, 0.5) is 5.69 Å². The maximum atomic E-state index is 11.9. The van der Waals surface area contributed by atoms with Crippen molar-refractivity contribution in [2.24, 2.45) is 0 Å². The van der Waals surface area contributed by atoms with Crippen molar-refractivity contribution >= 4 is 17.5 Å². The lowest BCUT2D eigenvalue weighted by atomic mass is 10.1.